The molecule has 2 aliphatic heterocycles. The zero-order chi connectivity index (χ0) is 22.0. The summed E-state index contributed by atoms with van der Waals surface area (Å²) in [5.41, 5.74) is 4.08. The van der Waals surface area contributed by atoms with Crippen molar-refractivity contribution in [3.63, 3.8) is 0 Å². The third-order valence-electron chi connectivity index (χ3n) is 6.04. The number of amides is 3. The molecule has 3 amide bonds. The number of aromatic nitrogens is 1. The lowest BCUT2D eigenvalue weighted by molar-refractivity contribution is 0.0924. The van der Waals surface area contributed by atoms with E-state index in [4.69, 9.17) is 0 Å². The van der Waals surface area contributed by atoms with Crippen LogP contribution in [0.3, 0.4) is 0 Å². The molecule has 156 valence electrons. The molecule has 0 bridgehead atoms. The maximum absolute atomic E-state index is 13.4. The minimum absolute atomic E-state index is 0.0694. The second-order valence-corrected chi connectivity index (χ2v) is 9.04. The Morgan fingerprint density at radius 2 is 1.66 bits per heavy atom. The molecule has 0 radical (unpaired) electrons. The van der Waals surface area contributed by atoms with Gasteiger partial charge in [0.1, 0.15) is 0 Å². The van der Waals surface area contributed by atoms with Crippen LogP contribution in [0.1, 0.15) is 43.6 Å². The van der Waals surface area contributed by atoms with E-state index in [2.05, 4.69) is 11.1 Å². The van der Waals surface area contributed by atoms with Crippen LogP contribution in [0.2, 0.25) is 0 Å². The Morgan fingerprint density at radius 1 is 0.969 bits per heavy atom. The monoisotopic (exact) mass is 439 g/mol. The lowest BCUT2D eigenvalue weighted by Gasteiger charge is -2.22. The summed E-state index contributed by atoms with van der Waals surface area (Å²) in [7, 11) is 0. The van der Waals surface area contributed by atoms with E-state index in [0.717, 1.165) is 21.7 Å². The molecule has 1 unspecified atom stereocenters. The van der Waals surface area contributed by atoms with Gasteiger partial charge in [0, 0.05) is 17.3 Å². The SMILES string of the molecule is CC1Cc2ccccc2N1C(=O)c1ccc2nc(N3C(=O)c4ccccc4C3=O)sc2c1. The number of para-hydroxylation sites is 1. The summed E-state index contributed by atoms with van der Waals surface area (Å²) in [6, 6.07) is 20.1. The Labute approximate surface area is 187 Å². The minimum atomic E-state index is -0.372. The van der Waals surface area contributed by atoms with Gasteiger partial charge in [0.05, 0.1) is 21.3 Å². The summed E-state index contributed by atoms with van der Waals surface area (Å²) in [5.74, 6) is -0.813. The summed E-state index contributed by atoms with van der Waals surface area (Å²) in [4.78, 5) is 46.4. The van der Waals surface area contributed by atoms with Gasteiger partial charge < -0.3 is 4.90 Å². The Morgan fingerprint density at radius 3 is 2.41 bits per heavy atom. The van der Waals surface area contributed by atoms with Crippen molar-refractivity contribution in [1.29, 1.82) is 0 Å². The number of carbonyl (C=O) groups is 3. The van der Waals surface area contributed by atoms with Crippen LogP contribution in [0.15, 0.2) is 66.7 Å². The van der Waals surface area contributed by atoms with E-state index in [0.29, 0.717) is 27.3 Å². The van der Waals surface area contributed by atoms with Gasteiger partial charge in [-0.25, -0.2) is 9.88 Å². The molecule has 0 saturated carbocycles. The molecule has 2 aliphatic rings. The third kappa shape index (κ3) is 2.64. The van der Waals surface area contributed by atoms with Crippen LogP contribution in [-0.4, -0.2) is 28.7 Å². The number of hydrogen-bond donors (Lipinski definition) is 0. The van der Waals surface area contributed by atoms with E-state index < -0.39 is 0 Å². The van der Waals surface area contributed by atoms with E-state index in [-0.39, 0.29) is 23.8 Å². The van der Waals surface area contributed by atoms with Crippen LogP contribution in [-0.2, 0) is 6.42 Å². The fourth-order valence-corrected chi connectivity index (χ4v) is 5.52. The van der Waals surface area contributed by atoms with Crippen molar-refractivity contribution < 1.29 is 14.4 Å². The summed E-state index contributed by atoms with van der Waals surface area (Å²) in [6.45, 7) is 2.05. The minimum Gasteiger partial charge on any atom is -0.305 e. The topological polar surface area (TPSA) is 70.6 Å². The van der Waals surface area contributed by atoms with Crippen LogP contribution < -0.4 is 9.80 Å². The van der Waals surface area contributed by atoms with Crippen LogP contribution in [0.25, 0.3) is 10.2 Å². The average molecular weight is 439 g/mol. The van der Waals surface area contributed by atoms with Gasteiger partial charge >= 0.3 is 0 Å². The second kappa shape index (κ2) is 6.83. The Kier molecular flexibility index (Phi) is 4.03. The molecule has 3 aromatic carbocycles. The molecule has 3 heterocycles. The summed E-state index contributed by atoms with van der Waals surface area (Å²) in [6.07, 6.45) is 0.828. The normalized spacial score (nSPS) is 17.2. The summed E-state index contributed by atoms with van der Waals surface area (Å²) in [5, 5.41) is 0.315. The molecule has 32 heavy (non-hydrogen) atoms. The van der Waals surface area contributed by atoms with Gasteiger partial charge in [-0.15, -0.1) is 0 Å². The van der Waals surface area contributed by atoms with Gasteiger partial charge in [0.15, 0.2) is 0 Å². The lowest BCUT2D eigenvalue weighted by Crippen LogP contribution is -2.35. The summed E-state index contributed by atoms with van der Waals surface area (Å²) >= 11 is 1.24. The second-order valence-electron chi connectivity index (χ2n) is 8.03. The fourth-order valence-electron chi connectivity index (χ4n) is 4.52. The van der Waals surface area contributed by atoms with Crippen LogP contribution in [0.5, 0.6) is 0 Å². The van der Waals surface area contributed by atoms with Crippen LogP contribution >= 0.6 is 11.3 Å². The highest BCUT2D eigenvalue weighted by molar-refractivity contribution is 7.22. The molecular formula is C25H17N3O3S. The molecule has 0 N–H and O–H groups in total. The molecule has 0 aliphatic carbocycles. The molecule has 6 nitrogen and oxygen atoms in total. The molecule has 0 spiro atoms. The average Bonchev–Trinajstić information content (AvgIpc) is 3.44. The van der Waals surface area contributed by atoms with Gasteiger partial charge in [-0.05, 0) is 55.3 Å². The molecule has 6 rings (SSSR count). The van der Waals surface area contributed by atoms with E-state index in [9.17, 15) is 14.4 Å². The Hall–Kier alpha value is -3.84. The highest BCUT2D eigenvalue weighted by Gasteiger charge is 2.38. The molecular weight excluding hydrogens is 422 g/mol. The lowest BCUT2D eigenvalue weighted by atomic mass is 10.1. The van der Waals surface area contributed by atoms with Crippen molar-refractivity contribution >= 4 is 50.1 Å². The number of rotatable bonds is 2. The zero-order valence-electron chi connectivity index (χ0n) is 17.1. The molecule has 7 heteroatoms. The number of fused-ring (bicyclic) bond motifs is 3. The van der Waals surface area contributed by atoms with Crippen molar-refractivity contribution in [3.8, 4) is 0 Å². The van der Waals surface area contributed by atoms with Gasteiger partial charge in [-0.3, -0.25) is 14.4 Å². The first-order valence-electron chi connectivity index (χ1n) is 10.3. The number of carbonyl (C=O) groups excluding carboxylic acids is 3. The van der Waals surface area contributed by atoms with Crippen molar-refractivity contribution in [3.05, 3.63) is 89.0 Å². The van der Waals surface area contributed by atoms with E-state index in [1.165, 1.54) is 16.9 Å². The molecule has 4 aromatic rings. The maximum atomic E-state index is 13.4. The number of benzene rings is 3. The largest absolute Gasteiger partial charge is 0.305 e. The predicted molar refractivity (Wildman–Crippen MR) is 124 cm³/mol. The van der Waals surface area contributed by atoms with Crippen molar-refractivity contribution in [2.45, 2.75) is 19.4 Å². The molecule has 0 saturated heterocycles. The predicted octanol–water partition coefficient (Wildman–Crippen LogP) is 4.69. The maximum Gasteiger partial charge on any atom is 0.268 e. The van der Waals surface area contributed by atoms with Crippen LogP contribution in [0.4, 0.5) is 10.8 Å². The van der Waals surface area contributed by atoms with Gasteiger partial charge in [0.2, 0.25) is 5.13 Å². The Balaban J connectivity index is 1.36. The van der Waals surface area contributed by atoms with Gasteiger partial charge in [-0.2, -0.15) is 0 Å². The fraction of sp³-hybridized carbons (Fsp3) is 0.120. The molecule has 0 fully saturated rings. The van der Waals surface area contributed by atoms with Crippen molar-refractivity contribution in [2.75, 3.05) is 9.80 Å². The standard InChI is InChI=1S/C25H17N3O3S/c1-14-12-15-6-2-5-9-20(15)27(14)22(29)16-10-11-19-21(13-16)32-25(26-19)28-23(30)17-7-3-4-8-18(17)24(28)31/h2-11,13-14H,12H2,1H3. The highest BCUT2D eigenvalue weighted by atomic mass is 32.1. The Bertz CT molecular complexity index is 1420. The van der Waals surface area contributed by atoms with Gasteiger partial charge in [-0.1, -0.05) is 41.7 Å². The molecule has 1 aromatic heterocycles. The van der Waals surface area contributed by atoms with E-state index >= 15 is 0 Å². The van der Waals surface area contributed by atoms with Crippen molar-refractivity contribution in [1.82, 2.24) is 4.98 Å². The first-order chi connectivity index (χ1) is 15.5. The first-order valence-corrected chi connectivity index (χ1v) is 11.1. The van der Waals surface area contributed by atoms with Gasteiger partial charge in [0.25, 0.3) is 17.7 Å². The number of nitrogens with zero attached hydrogens (tertiary/aromatic N) is 3. The smallest absolute Gasteiger partial charge is 0.268 e. The zero-order valence-corrected chi connectivity index (χ0v) is 17.9. The number of hydrogen-bond acceptors (Lipinski definition) is 5. The number of imide groups is 1. The van der Waals surface area contributed by atoms with E-state index in [1.807, 2.05) is 30.0 Å². The number of thiazole rings is 1. The van der Waals surface area contributed by atoms with Crippen molar-refractivity contribution in [2.24, 2.45) is 0 Å². The third-order valence-corrected chi connectivity index (χ3v) is 7.04. The highest BCUT2D eigenvalue weighted by Crippen LogP contribution is 2.36. The summed E-state index contributed by atoms with van der Waals surface area (Å²) < 4.78 is 0.752. The quantitative estimate of drug-likeness (QED) is 0.425. The molecule has 1 atom stereocenters. The number of anilines is 2. The van der Waals surface area contributed by atoms with Crippen LogP contribution in [0, 0.1) is 0 Å². The van der Waals surface area contributed by atoms with E-state index in [1.54, 1.807) is 42.5 Å². The first kappa shape index (κ1) is 18.9.